The molecular formula is C20H30N2O2. The molecule has 3 aliphatic rings. The van der Waals surface area contributed by atoms with Crippen molar-refractivity contribution >= 4 is 0 Å². The quantitative estimate of drug-likeness (QED) is 0.749. The number of rotatable bonds is 6. The van der Waals surface area contributed by atoms with E-state index in [4.69, 9.17) is 9.47 Å². The summed E-state index contributed by atoms with van der Waals surface area (Å²) in [5.41, 5.74) is 2.65. The summed E-state index contributed by atoms with van der Waals surface area (Å²) in [4.78, 5) is 6.83. The molecule has 24 heavy (non-hydrogen) atoms. The van der Waals surface area contributed by atoms with E-state index in [1.165, 1.54) is 56.3 Å². The summed E-state index contributed by atoms with van der Waals surface area (Å²) in [6.45, 7) is 6.93. The van der Waals surface area contributed by atoms with Crippen molar-refractivity contribution < 1.29 is 9.47 Å². The lowest BCUT2D eigenvalue weighted by Crippen LogP contribution is -2.68. The summed E-state index contributed by atoms with van der Waals surface area (Å²) in [6, 6.07) is 2.91. The molecule has 1 spiro atoms. The average Bonchev–Trinajstić information content (AvgIpc) is 2.50. The molecule has 0 aromatic carbocycles. The van der Waals surface area contributed by atoms with Crippen LogP contribution in [0.1, 0.15) is 49.7 Å². The standard InChI is InChI=1S/C20H30N2O2/c1-16-5-8-21-12-18(16)13-23-9-6-17-7-10-24-20(11-17)14-22(15-20)19-3-2-4-19/h5,8,12,17,19H,2-4,6-7,9-11,13-15H2,1H3. The smallest absolute Gasteiger partial charge is 0.0937 e. The van der Waals surface area contributed by atoms with Crippen molar-refractivity contribution in [2.45, 2.75) is 63.7 Å². The van der Waals surface area contributed by atoms with Crippen LogP contribution >= 0.6 is 0 Å². The summed E-state index contributed by atoms with van der Waals surface area (Å²) < 4.78 is 12.1. The second-order valence-corrected chi connectivity index (χ2v) is 8.02. The molecule has 132 valence electrons. The van der Waals surface area contributed by atoms with E-state index in [1.807, 2.05) is 18.5 Å². The summed E-state index contributed by atoms with van der Waals surface area (Å²) in [7, 11) is 0. The molecule has 0 N–H and O–H groups in total. The SMILES string of the molecule is Cc1ccncc1COCCC1CCOC2(C1)CN(C1CCC1)C2. The van der Waals surface area contributed by atoms with Crippen LogP contribution in [0.4, 0.5) is 0 Å². The molecule has 1 saturated carbocycles. The lowest BCUT2D eigenvalue weighted by molar-refractivity contribution is -0.195. The number of nitrogens with zero attached hydrogens (tertiary/aromatic N) is 2. The van der Waals surface area contributed by atoms with Crippen LogP contribution in [0, 0.1) is 12.8 Å². The fraction of sp³-hybridized carbons (Fsp3) is 0.750. The Kier molecular flexibility index (Phi) is 4.88. The van der Waals surface area contributed by atoms with Crippen LogP contribution in [0.3, 0.4) is 0 Å². The Morgan fingerprint density at radius 3 is 2.96 bits per heavy atom. The first-order valence-electron chi connectivity index (χ1n) is 9.59. The van der Waals surface area contributed by atoms with Gasteiger partial charge in [0.2, 0.25) is 0 Å². The second kappa shape index (κ2) is 7.11. The molecule has 0 radical (unpaired) electrons. The van der Waals surface area contributed by atoms with E-state index in [0.717, 1.165) is 31.6 Å². The van der Waals surface area contributed by atoms with Gasteiger partial charge < -0.3 is 9.47 Å². The van der Waals surface area contributed by atoms with Gasteiger partial charge in [0.05, 0.1) is 12.2 Å². The monoisotopic (exact) mass is 330 g/mol. The average molecular weight is 330 g/mol. The van der Waals surface area contributed by atoms with Crippen LogP contribution in [-0.4, -0.2) is 47.8 Å². The van der Waals surface area contributed by atoms with Gasteiger partial charge in [0.1, 0.15) is 0 Å². The summed E-state index contributed by atoms with van der Waals surface area (Å²) in [5.74, 6) is 0.761. The minimum Gasteiger partial charge on any atom is -0.377 e. The number of aromatic nitrogens is 1. The maximum atomic E-state index is 6.18. The van der Waals surface area contributed by atoms with Gasteiger partial charge in [-0.3, -0.25) is 9.88 Å². The van der Waals surface area contributed by atoms with Crippen molar-refractivity contribution in [3.8, 4) is 0 Å². The Morgan fingerprint density at radius 2 is 2.21 bits per heavy atom. The zero-order valence-corrected chi connectivity index (χ0v) is 14.9. The molecule has 4 nitrogen and oxygen atoms in total. The molecule has 0 amide bonds. The largest absolute Gasteiger partial charge is 0.377 e. The van der Waals surface area contributed by atoms with Gasteiger partial charge in [-0.2, -0.15) is 0 Å². The number of ether oxygens (including phenoxy) is 2. The molecule has 4 heteroatoms. The number of hydrogen-bond acceptors (Lipinski definition) is 4. The lowest BCUT2D eigenvalue weighted by atomic mass is 9.76. The fourth-order valence-electron chi connectivity index (χ4n) is 4.38. The molecule has 1 aliphatic carbocycles. The van der Waals surface area contributed by atoms with Gasteiger partial charge >= 0.3 is 0 Å². The van der Waals surface area contributed by atoms with Crippen LogP contribution in [0.2, 0.25) is 0 Å². The second-order valence-electron chi connectivity index (χ2n) is 8.02. The first-order chi connectivity index (χ1) is 11.7. The fourth-order valence-corrected chi connectivity index (χ4v) is 4.38. The highest BCUT2D eigenvalue weighted by Crippen LogP contribution is 2.41. The summed E-state index contributed by atoms with van der Waals surface area (Å²) in [6.07, 6.45) is 11.6. The van der Waals surface area contributed by atoms with Crippen molar-refractivity contribution in [2.75, 3.05) is 26.3 Å². The van der Waals surface area contributed by atoms with Gasteiger partial charge in [-0.15, -0.1) is 0 Å². The van der Waals surface area contributed by atoms with Crippen molar-refractivity contribution in [3.63, 3.8) is 0 Å². The van der Waals surface area contributed by atoms with Gasteiger partial charge in [0.15, 0.2) is 0 Å². The molecule has 3 fully saturated rings. The Hall–Kier alpha value is -0.970. The first-order valence-corrected chi connectivity index (χ1v) is 9.59. The highest BCUT2D eigenvalue weighted by Gasteiger charge is 2.49. The van der Waals surface area contributed by atoms with E-state index in [1.54, 1.807) is 0 Å². The Bertz CT molecular complexity index is 552. The van der Waals surface area contributed by atoms with Crippen LogP contribution in [0.25, 0.3) is 0 Å². The summed E-state index contributed by atoms with van der Waals surface area (Å²) >= 11 is 0. The number of likely N-dealkylation sites (tertiary alicyclic amines) is 1. The predicted octanol–water partition coefficient (Wildman–Crippen LogP) is 3.33. The van der Waals surface area contributed by atoms with Gasteiger partial charge in [-0.05, 0) is 62.1 Å². The van der Waals surface area contributed by atoms with Crippen molar-refractivity contribution in [2.24, 2.45) is 5.92 Å². The van der Waals surface area contributed by atoms with Gasteiger partial charge in [0.25, 0.3) is 0 Å². The highest BCUT2D eigenvalue weighted by atomic mass is 16.5. The van der Waals surface area contributed by atoms with Crippen LogP contribution in [0.5, 0.6) is 0 Å². The van der Waals surface area contributed by atoms with E-state index in [-0.39, 0.29) is 5.60 Å². The van der Waals surface area contributed by atoms with E-state index in [0.29, 0.717) is 6.61 Å². The summed E-state index contributed by atoms with van der Waals surface area (Å²) in [5, 5.41) is 0. The van der Waals surface area contributed by atoms with Gasteiger partial charge in [0, 0.05) is 44.7 Å². The third kappa shape index (κ3) is 3.51. The van der Waals surface area contributed by atoms with Crippen LogP contribution in [-0.2, 0) is 16.1 Å². The number of aryl methyl sites for hydroxylation is 1. The molecular weight excluding hydrogens is 300 g/mol. The third-order valence-corrected chi connectivity index (χ3v) is 6.24. The Morgan fingerprint density at radius 1 is 1.33 bits per heavy atom. The molecule has 4 rings (SSSR count). The molecule has 2 aliphatic heterocycles. The van der Waals surface area contributed by atoms with Crippen molar-refractivity contribution in [3.05, 3.63) is 29.6 Å². The minimum atomic E-state index is 0.179. The molecule has 2 saturated heterocycles. The maximum Gasteiger partial charge on any atom is 0.0937 e. The highest BCUT2D eigenvalue weighted by molar-refractivity contribution is 5.20. The minimum absolute atomic E-state index is 0.179. The predicted molar refractivity (Wildman–Crippen MR) is 93.9 cm³/mol. The normalized spacial score (nSPS) is 27.0. The van der Waals surface area contributed by atoms with E-state index in [2.05, 4.69) is 16.8 Å². The van der Waals surface area contributed by atoms with E-state index in [9.17, 15) is 0 Å². The maximum absolute atomic E-state index is 6.18. The molecule has 1 atom stereocenters. The topological polar surface area (TPSA) is 34.6 Å². The van der Waals surface area contributed by atoms with Gasteiger partial charge in [-0.1, -0.05) is 6.42 Å². The lowest BCUT2D eigenvalue weighted by Gasteiger charge is -2.57. The van der Waals surface area contributed by atoms with Crippen LogP contribution in [0.15, 0.2) is 18.5 Å². The Balaban J connectivity index is 1.18. The molecule has 1 unspecified atom stereocenters. The van der Waals surface area contributed by atoms with Crippen molar-refractivity contribution in [1.82, 2.24) is 9.88 Å². The Labute approximate surface area is 145 Å². The third-order valence-electron chi connectivity index (χ3n) is 6.24. The van der Waals surface area contributed by atoms with Crippen molar-refractivity contribution in [1.29, 1.82) is 0 Å². The van der Waals surface area contributed by atoms with Crippen LogP contribution < -0.4 is 0 Å². The zero-order chi connectivity index (χ0) is 16.4. The molecule has 0 bridgehead atoms. The molecule has 3 heterocycles. The van der Waals surface area contributed by atoms with Gasteiger partial charge in [-0.25, -0.2) is 0 Å². The zero-order valence-electron chi connectivity index (χ0n) is 14.9. The number of hydrogen-bond donors (Lipinski definition) is 0. The first kappa shape index (κ1) is 16.5. The van der Waals surface area contributed by atoms with E-state index >= 15 is 0 Å². The molecule has 1 aromatic heterocycles. The molecule has 1 aromatic rings. The van der Waals surface area contributed by atoms with E-state index < -0.39 is 0 Å². The number of pyridine rings is 1.